The largest absolute Gasteiger partial charge is 0.504 e. The first-order valence-corrected chi connectivity index (χ1v) is 13.9. The maximum atomic E-state index is 12.7. The highest BCUT2D eigenvalue weighted by molar-refractivity contribution is 6.15. The number of nitrogens with zero attached hydrogens (tertiary/aromatic N) is 1. The second-order valence-corrected chi connectivity index (χ2v) is 10.2. The number of rotatable bonds is 10. The summed E-state index contributed by atoms with van der Waals surface area (Å²) in [6, 6.07) is 28.4. The number of carbonyl (C=O) groups is 2. The Morgan fingerprint density at radius 2 is 1.49 bits per heavy atom. The lowest BCUT2D eigenvalue weighted by Gasteiger charge is -2.34. The summed E-state index contributed by atoms with van der Waals surface area (Å²) in [5, 5.41) is 23.5. The lowest BCUT2D eigenvalue weighted by Crippen LogP contribution is -2.41. The number of amides is 1. The monoisotopic (exact) mass is 550 g/mol. The first kappa shape index (κ1) is 28.1. The van der Waals surface area contributed by atoms with E-state index in [-0.39, 0.29) is 35.4 Å². The van der Waals surface area contributed by atoms with E-state index < -0.39 is 0 Å². The molecule has 7 nitrogen and oxygen atoms in total. The molecule has 5 rings (SSSR count). The number of phenols is 2. The van der Waals surface area contributed by atoms with E-state index in [9.17, 15) is 19.8 Å². The maximum absolute atomic E-state index is 12.7. The van der Waals surface area contributed by atoms with Gasteiger partial charge in [0.1, 0.15) is 6.10 Å². The fraction of sp³-hybridized carbons (Fsp3) is 0.235. The van der Waals surface area contributed by atoms with Crippen LogP contribution in [0.3, 0.4) is 0 Å². The summed E-state index contributed by atoms with van der Waals surface area (Å²) in [4.78, 5) is 27.4. The molecule has 0 bridgehead atoms. The molecular formula is C34H34N2O5. The molecule has 0 atom stereocenters. The molecule has 0 unspecified atom stereocenters. The van der Waals surface area contributed by atoms with Crippen LogP contribution in [0, 0.1) is 0 Å². The average Bonchev–Trinajstić information content (AvgIpc) is 3.00. The minimum absolute atomic E-state index is 0.102. The number of likely N-dealkylation sites (tertiary alicyclic amines) is 1. The van der Waals surface area contributed by atoms with Crippen molar-refractivity contribution < 1.29 is 24.5 Å². The predicted molar refractivity (Wildman–Crippen MR) is 159 cm³/mol. The Morgan fingerprint density at radius 1 is 0.854 bits per heavy atom. The number of hydrogen-bond donors (Lipinski definition) is 3. The molecule has 0 radical (unpaired) electrons. The van der Waals surface area contributed by atoms with E-state index in [0.717, 1.165) is 37.1 Å². The molecular weight excluding hydrogens is 516 g/mol. The van der Waals surface area contributed by atoms with Crippen LogP contribution in [0.4, 0.5) is 0 Å². The van der Waals surface area contributed by atoms with Crippen LogP contribution in [0.2, 0.25) is 0 Å². The van der Waals surface area contributed by atoms with Crippen LogP contribution in [0.1, 0.15) is 40.4 Å². The minimum atomic E-state index is -0.359. The van der Waals surface area contributed by atoms with Crippen molar-refractivity contribution in [2.24, 2.45) is 0 Å². The van der Waals surface area contributed by atoms with E-state index in [1.165, 1.54) is 24.3 Å². The van der Waals surface area contributed by atoms with Crippen molar-refractivity contribution in [3.8, 4) is 11.5 Å². The first-order valence-electron chi connectivity index (χ1n) is 13.9. The molecule has 1 aliphatic heterocycles. The van der Waals surface area contributed by atoms with E-state index in [4.69, 9.17) is 4.74 Å². The van der Waals surface area contributed by atoms with Crippen molar-refractivity contribution in [1.29, 1.82) is 0 Å². The number of nitrogens with one attached hydrogen (secondary N) is 1. The second-order valence-electron chi connectivity index (χ2n) is 10.2. The Balaban J connectivity index is 1.08. The molecule has 4 aromatic rings. The predicted octanol–water partition coefficient (Wildman–Crippen LogP) is 5.38. The molecule has 0 saturated carbocycles. The van der Waals surface area contributed by atoms with Gasteiger partial charge in [-0.1, -0.05) is 78.9 Å². The van der Waals surface area contributed by atoms with E-state index in [0.29, 0.717) is 29.4 Å². The molecule has 1 aliphatic rings. The summed E-state index contributed by atoms with van der Waals surface area (Å²) in [7, 11) is 0. The first-order chi connectivity index (χ1) is 20.0. The zero-order valence-electron chi connectivity index (χ0n) is 22.8. The third-order valence-electron chi connectivity index (χ3n) is 7.42. The third kappa shape index (κ3) is 7.20. The highest BCUT2D eigenvalue weighted by Gasteiger charge is 2.24. The molecule has 0 aromatic heterocycles. The quantitative estimate of drug-likeness (QED) is 0.139. The van der Waals surface area contributed by atoms with Crippen molar-refractivity contribution in [2.45, 2.75) is 25.0 Å². The lowest BCUT2D eigenvalue weighted by atomic mass is 10.00. The average molecular weight is 551 g/mol. The number of piperidine rings is 1. The van der Waals surface area contributed by atoms with Gasteiger partial charge in [0, 0.05) is 37.8 Å². The van der Waals surface area contributed by atoms with Crippen LogP contribution >= 0.6 is 0 Å². The number of ketones is 1. The Morgan fingerprint density at radius 3 is 2.15 bits per heavy atom. The van der Waals surface area contributed by atoms with Crippen molar-refractivity contribution in [3.05, 3.63) is 120 Å². The zero-order valence-corrected chi connectivity index (χ0v) is 22.8. The Kier molecular flexibility index (Phi) is 9.08. The smallest absolute Gasteiger partial charge is 0.244 e. The number of carbonyl (C=O) groups excluding carboxylic acids is 2. The normalized spacial score (nSPS) is 14.6. The van der Waals surface area contributed by atoms with E-state index in [2.05, 4.69) is 34.5 Å². The highest BCUT2D eigenvalue weighted by Crippen LogP contribution is 2.32. The van der Waals surface area contributed by atoms with Gasteiger partial charge in [0.15, 0.2) is 17.3 Å². The molecule has 1 fully saturated rings. The SMILES string of the molecule is O=C(C=CC(=O)c1cccc2cc(O)c(O)cc12)NCCN1CCC(OC(c2ccccc2)c2ccccc2)CC1. The molecule has 0 aliphatic carbocycles. The molecule has 3 N–H and O–H groups in total. The molecule has 210 valence electrons. The zero-order chi connectivity index (χ0) is 28.6. The van der Waals surface area contributed by atoms with Gasteiger partial charge in [0.2, 0.25) is 5.91 Å². The molecule has 41 heavy (non-hydrogen) atoms. The molecule has 7 heteroatoms. The summed E-state index contributed by atoms with van der Waals surface area (Å²) in [5.74, 6) is -1.26. The Hall–Kier alpha value is -4.46. The fourth-order valence-corrected chi connectivity index (χ4v) is 5.22. The third-order valence-corrected chi connectivity index (χ3v) is 7.42. The van der Waals surface area contributed by atoms with Crippen LogP contribution in [-0.4, -0.2) is 59.1 Å². The van der Waals surface area contributed by atoms with Gasteiger partial charge in [-0.05, 0) is 52.9 Å². The number of benzene rings is 4. The summed E-state index contributed by atoms with van der Waals surface area (Å²) in [6.07, 6.45) is 4.34. The van der Waals surface area contributed by atoms with Gasteiger partial charge in [-0.3, -0.25) is 9.59 Å². The molecule has 4 aromatic carbocycles. The van der Waals surface area contributed by atoms with Crippen molar-refractivity contribution >= 4 is 22.5 Å². The Labute approximate surface area is 239 Å². The Bertz CT molecular complexity index is 1470. The van der Waals surface area contributed by atoms with E-state index in [1.54, 1.807) is 18.2 Å². The van der Waals surface area contributed by atoms with E-state index >= 15 is 0 Å². The van der Waals surface area contributed by atoms with E-state index in [1.807, 2.05) is 36.4 Å². The maximum Gasteiger partial charge on any atom is 0.244 e. The van der Waals surface area contributed by atoms with Gasteiger partial charge in [-0.15, -0.1) is 0 Å². The second kappa shape index (κ2) is 13.3. The van der Waals surface area contributed by atoms with Gasteiger partial charge < -0.3 is 25.2 Å². The van der Waals surface area contributed by atoms with Crippen LogP contribution < -0.4 is 5.32 Å². The molecule has 1 saturated heterocycles. The van der Waals surface area contributed by atoms with Gasteiger partial charge in [-0.25, -0.2) is 0 Å². The molecule has 1 amide bonds. The van der Waals surface area contributed by atoms with Crippen LogP contribution in [0.25, 0.3) is 10.8 Å². The van der Waals surface area contributed by atoms with Crippen molar-refractivity contribution in [3.63, 3.8) is 0 Å². The van der Waals surface area contributed by atoms with Crippen LogP contribution in [0.5, 0.6) is 11.5 Å². The topological polar surface area (TPSA) is 99.1 Å². The van der Waals surface area contributed by atoms with Gasteiger partial charge in [0.25, 0.3) is 0 Å². The highest BCUT2D eigenvalue weighted by atomic mass is 16.5. The number of phenolic OH excluding ortho intramolecular Hbond substituents is 2. The lowest BCUT2D eigenvalue weighted by molar-refractivity contribution is -0.116. The summed E-state index contributed by atoms with van der Waals surface area (Å²) < 4.78 is 6.62. The van der Waals surface area contributed by atoms with Crippen LogP contribution in [0.15, 0.2) is 103 Å². The van der Waals surface area contributed by atoms with Crippen molar-refractivity contribution in [1.82, 2.24) is 10.2 Å². The summed E-state index contributed by atoms with van der Waals surface area (Å²) >= 11 is 0. The number of hydrogen-bond acceptors (Lipinski definition) is 6. The van der Waals surface area contributed by atoms with Crippen molar-refractivity contribution in [2.75, 3.05) is 26.2 Å². The minimum Gasteiger partial charge on any atom is -0.504 e. The number of aromatic hydroxyl groups is 2. The standard InChI is InChI=1S/C34H34N2O5/c37-30(28-13-7-12-26-22-31(38)32(39)23-29(26)28)14-15-33(40)35-18-21-36-19-16-27(17-20-36)41-34(24-8-3-1-4-9-24)25-10-5-2-6-11-25/h1-15,22-23,27,34,38-39H,16-21H2,(H,35,40). The fourth-order valence-electron chi connectivity index (χ4n) is 5.22. The van der Waals surface area contributed by atoms with Crippen LogP contribution in [-0.2, 0) is 9.53 Å². The molecule has 1 heterocycles. The molecule has 0 spiro atoms. The van der Waals surface area contributed by atoms with Gasteiger partial charge in [-0.2, -0.15) is 0 Å². The van der Waals surface area contributed by atoms with Gasteiger partial charge in [0.05, 0.1) is 6.10 Å². The van der Waals surface area contributed by atoms with Gasteiger partial charge >= 0.3 is 0 Å². The summed E-state index contributed by atoms with van der Waals surface area (Å²) in [5.41, 5.74) is 2.63. The number of ether oxygens (including phenoxy) is 1. The summed E-state index contributed by atoms with van der Waals surface area (Å²) in [6.45, 7) is 2.96. The number of allylic oxidation sites excluding steroid dienone is 1. The number of fused-ring (bicyclic) bond motifs is 1.